The summed E-state index contributed by atoms with van der Waals surface area (Å²) < 4.78 is 27.6. The summed E-state index contributed by atoms with van der Waals surface area (Å²) in [7, 11) is 3.05. The lowest BCUT2D eigenvalue weighted by atomic mass is 10.1. The molecule has 6 N–H and O–H groups in total. The number of rotatable bonds is 15. The number of nitrogens with two attached hydrogens (primary N) is 1. The van der Waals surface area contributed by atoms with E-state index in [0.29, 0.717) is 71.6 Å². The van der Waals surface area contributed by atoms with E-state index in [1.807, 2.05) is 113 Å². The highest BCUT2D eigenvalue weighted by Crippen LogP contribution is 2.39. The Hall–Kier alpha value is -9.69. The second-order valence-corrected chi connectivity index (χ2v) is 17.4. The topological polar surface area (TPSA) is 257 Å². The van der Waals surface area contributed by atoms with Gasteiger partial charge in [-0.05, 0) is 143 Å². The van der Waals surface area contributed by atoms with Crippen molar-refractivity contribution in [3.8, 4) is 52.4 Å². The number of carbonyl (C=O) groups is 3. The number of nitrogens with one attached hydrogen (secondary N) is 3. The van der Waals surface area contributed by atoms with E-state index in [-0.39, 0.29) is 12.5 Å². The van der Waals surface area contributed by atoms with Crippen LogP contribution in [-0.2, 0) is 23.9 Å². The zero-order valence-electron chi connectivity index (χ0n) is 43.5. The summed E-state index contributed by atoms with van der Waals surface area (Å²) in [5, 5.41) is 19.3. The minimum atomic E-state index is -0.833. The number of aliphatic carboxylic acids is 1. The molecule has 1 saturated carbocycles. The first-order chi connectivity index (χ1) is 37.1. The number of nitrogens with zero attached hydrogens (tertiary/aromatic N) is 6. The molecule has 0 aliphatic heterocycles. The number of hydrogen-bond donors (Lipinski definition) is 5. The lowest BCUT2D eigenvalue weighted by molar-refractivity contribution is -0.151. The molecule has 1 fully saturated rings. The van der Waals surface area contributed by atoms with Gasteiger partial charge in [-0.2, -0.15) is 0 Å². The SMILES string of the molecule is COC1(C(=O)O)CC1.COCCOc1cc2ncnc(Nc3ccc(Oc4ccc(C)nc4)c(C)c3)c2cc1C#CCNC(C)=O.Cc1ccc(Oc2ccc(Nc3ncnc4ccc(C#CC(N)=O)cc34)cc2C)cn1. The predicted molar refractivity (Wildman–Crippen MR) is 292 cm³/mol. The van der Waals surface area contributed by atoms with Gasteiger partial charge in [0.15, 0.2) is 5.60 Å². The van der Waals surface area contributed by atoms with E-state index in [9.17, 15) is 14.4 Å². The first kappa shape index (κ1) is 55.1. The molecule has 9 rings (SSSR count). The third-order valence-electron chi connectivity index (χ3n) is 11.5. The second kappa shape index (κ2) is 26.0. The molecule has 0 unspecified atom stereocenters. The first-order valence-electron chi connectivity index (χ1n) is 24.1. The third kappa shape index (κ3) is 15.7. The Morgan fingerprint density at radius 3 is 1.73 bits per heavy atom. The van der Waals surface area contributed by atoms with Gasteiger partial charge in [-0.1, -0.05) is 17.8 Å². The van der Waals surface area contributed by atoms with E-state index in [2.05, 4.69) is 69.5 Å². The summed E-state index contributed by atoms with van der Waals surface area (Å²) in [6.45, 7) is 10.3. The van der Waals surface area contributed by atoms with E-state index < -0.39 is 17.5 Å². The van der Waals surface area contributed by atoms with Crippen LogP contribution in [0.5, 0.6) is 28.7 Å². The molecule has 1 aliphatic carbocycles. The van der Waals surface area contributed by atoms with Gasteiger partial charge in [0.2, 0.25) is 5.91 Å². The molecule has 0 atom stereocenters. The maximum atomic E-state index is 11.2. The fourth-order valence-electron chi connectivity index (χ4n) is 7.17. The Kier molecular flexibility index (Phi) is 18.6. The molecule has 0 spiro atoms. The number of fused-ring (bicyclic) bond motifs is 2. The number of pyridine rings is 2. The molecule has 1 aliphatic rings. The van der Waals surface area contributed by atoms with Crippen molar-refractivity contribution >= 4 is 62.6 Å². The zero-order chi connectivity index (χ0) is 54.9. The summed E-state index contributed by atoms with van der Waals surface area (Å²) in [4.78, 5) is 58.4. The zero-order valence-corrected chi connectivity index (χ0v) is 43.5. The van der Waals surface area contributed by atoms with Crippen LogP contribution < -0.4 is 35.9 Å². The molecule has 19 nitrogen and oxygen atoms in total. The van der Waals surface area contributed by atoms with Crippen LogP contribution in [0.3, 0.4) is 0 Å². The molecule has 0 bridgehead atoms. The lowest BCUT2D eigenvalue weighted by Gasteiger charge is -2.14. The molecule has 4 aromatic heterocycles. The van der Waals surface area contributed by atoms with Crippen molar-refractivity contribution in [2.45, 2.75) is 53.1 Å². The highest BCUT2D eigenvalue weighted by molar-refractivity contribution is 5.95. The van der Waals surface area contributed by atoms with E-state index in [1.54, 1.807) is 25.6 Å². The van der Waals surface area contributed by atoms with Crippen LogP contribution in [0.1, 0.15) is 53.4 Å². The van der Waals surface area contributed by atoms with Crippen molar-refractivity contribution in [1.29, 1.82) is 0 Å². The molecule has 2 amide bonds. The molecular weight excluding hydrogens is 981 g/mol. The van der Waals surface area contributed by atoms with Crippen LogP contribution in [0.15, 0.2) is 116 Å². The number of benzene rings is 4. The maximum Gasteiger partial charge on any atom is 0.335 e. The molecule has 0 saturated heterocycles. The van der Waals surface area contributed by atoms with Crippen LogP contribution >= 0.6 is 0 Å². The van der Waals surface area contributed by atoms with Crippen molar-refractivity contribution in [3.05, 3.63) is 150 Å². The number of primary amides is 1. The molecular formula is C58H56N10O9. The highest BCUT2D eigenvalue weighted by atomic mass is 16.5. The van der Waals surface area contributed by atoms with Crippen molar-refractivity contribution in [2.75, 3.05) is 44.6 Å². The molecule has 19 heteroatoms. The fourth-order valence-corrected chi connectivity index (χ4v) is 7.17. The lowest BCUT2D eigenvalue weighted by Crippen LogP contribution is -2.23. The molecule has 77 heavy (non-hydrogen) atoms. The average molecular weight is 1040 g/mol. The number of aryl methyl sites for hydroxylation is 4. The van der Waals surface area contributed by atoms with Gasteiger partial charge in [-0.25, -0.2) is 24.7 Å². The summed E-state index contributed by atoms with van der Waals surface area (Å²) in [5.41, 5.74) is 12.5. The number of anilines is 4. The van der Waals surface area contributed by atoms with Gasteiger partial charge < -0.3 is 50.5 Å². The summed E-state index contributed by atoms with van der Waals surface area (Å²) in [5.74, 6) is 14.2. The number of carbonyl (C=O) groups excluding carboxylic acids is 2. The van der Waals surface area contributed by atoms with Gasteiger partial charge in [0.05, 0.1) is 42.1 Å². The van der Waals surface area contributed by atoms with E-state index in [1.165, 1.54) is 26.7 Å². The Morgan fingerprint density at radius 1 is 0.662 bits per heavy atom. The summed E-state index contributed by atoms with van der Waals surface area (Å²) in [6, 6.07) is 28.3. The van der Waals surface area contributed by atoms with Crippen molar-refractivity contribution in [1.82, 2.24) is 35.2 Å². The van der Waals surface area contributed by atoms with Crippen molar-refractivity contribution < 1.29 is 43.2 Å². The molecule has 8 aromatic rings. The maximum absolute atomic E-state index is 11.2. The largest absolute Gasteiger partial charge is 0.490 e. The number of amides is 2. The van der Waals surface area contributed by atoms with Crippen molar-refractivity contribution in [3.63, 3.8) is 0 Å². The molecule has 4 heterocycles. The highest BCUT2D eigenvalue weighted by Gasteiger charge is 2.50. The Bertz CT molecular complexity index is 3550. The normalized spacial score (nSPS) is 11.6. The van der Waals surface area contributed by atoms with E-state index in [4.69, 9.17) is 34.5 Å². The summed E-state index contributed by atoms with van der Waals surface area (Å²) in [6.07, 6.45) is 7.73. The fraction of sp³-hybridized carbons (Fsp3) is 0.224. The van der Waals surface area contributed by atoms with Crippen LogP contribution in [0, 0.1) is 51.4 Å². The second-order valence-electron chi connectivity index (χ2n) is 17.4. The minimum absolute atomic E-state index is 0.142. The number of ether oxygens (including phenoxy) is 5. The minimum Gasteiger partial charge on any atom is -0.490 e. The quantitative estimate of drug-likeness (QED) is 0.0474. The van der Waals surface area contributed by atoms with Crippen LogP contribution in [0.2, 0.25) is 0 Å². The standard InChI is InChI=1S/C29H29N5O4.C24H19N5O2.C5H8O3/c1-19-14-23(8-10-27(19)38-24-9-7-20(2)31-17-24)34-29-25-15-22(6-5-11-30-21(3)35)28(37-13-12-36-4)16-26(25)32-18-33-29;1-15-11-18(6-9-22(15)31-19-7-3-16(2)26-13-19)29-24-20-12-17(5-10-23(25)30)4-8-21(20)27-14-28-24;1-8-5(2-3-5)4(6)7/h7-10,14-18H,11-13H2,1-4H3,(H,30,35)(H,32,33,34);3-4,6-9,11-14H,1-2H3,(H2,25,30)(H,27,28,29);2-3H2,1H3,(H,6,7). The van der Waals surface area contributed by atoms with Gasteiger partial charge in [-0.3, -0.25) is 19.6 Å². The molecule has 4 aromatic carbocycles. The van der Waals surface area contributed by atoms with Crippen LogP contribution in [0.25, 0.3) is 21.8 Å². The molecule has 392 valence electrons. The number of carboxylic acid groups (broad SMARTS) is 1. The summed E-state index contributed by atoms with van der Waals surface area (Å²) >= 11 is 0. The van der Waals surface area contributed by atoms with Gasteiger partial charge in [0.25, 0.3) is 5.91 Å². The Labute approximate surface area is 445 Å². The van der Waals surface area contributed by atoms with Gasteiger partial charge >= 0.3 is 5.97 Å². The number of carboxylic acids is 1. The number of aromatic nitrogens is 6. The monoisotopic (exact) mass is 1040 g/mol. The van der Waals surface area contributed by atoms with Gasteiger partial charge in [-0.15, -0.1) is 0 Å². The third-order valence-corrected chi connectivity index (χ3v) is 11.5. The van der Waals surface area contributed by atoms with Gasteiger partial charge in [0, 0.05) is 66.3 Å². The Balaban J connectivity index is 0.000000198. The number of methoxy groups -OCH3 is 2. The van der Waals surface area contributed by atoms with Crippen molar-refractivity contribution in [2.24, 2.45) is 5.73 Å². The van der Waals surface area contributed by atoms with E-state index >= 15 is 0 Å². The predicted octanol–water partition coefficient (Wildman–Crippen LogP) is 8.95. The average Bonchev–Trinajstić information content (AvgIpc) is 4.24. The van der Waals surface area contributed by atoms with Crippen LogP contribution in [0.4, 0.5) is 23.0 Å². The Morgan fingerprint density at radius 2 is 1.25 bits per heavy atom. The van der Waals surface area contributed by atoms with Gasteiger partial charge in [0.1, 0.15) is 59.6 Å². The number of hydrogen-bond acceptors (Lipinski definition) is 16. The van der Waals surface area contributed by atoms with Crippen LogP contribution in [-0.4, -0.2) is 92.4 Å². The van der Waals surface area contributed by atoms with E-state index in [0.717, 1.165) is 61.7 Å². The molecule has 0 radical (unpaired) electrons. The first-order valence-corrected chi connectivity index (χ1v) is 24.1. The smallest absolute Gasteiger partial charge is 0.335 e.